The number of Topliss-reactive ketones (excluding diaryl/α,β-unsaturated/α-hetero) is 1. The Bertz CT molecular complexity index is 1300. The zero-order valence-corrected chi connectivity index (χ0v) is 15.9. The van der Waals surface area contributed by atoms with E-state index in [9.17, 15) is 14.4 Å². The summed E-state index contributed by atoms with van der Waals surface area (Å²) in [6.07, 6.45) is 2.64. The SMILES string of the molecule is CC(=O)c1ccc2[nH]c(C(=O)N3C[C@H]4C[C@@]45C3=CC(=O)c3ccccc35)cc2c1. The molecule has 1 spiro atoms. The molecule has 29 heavy (non-hydrogen) atoms. The molecule has 142 valence electrons. The Kier molecular flexibility index (Phi) is 3.02. The molecule has 2 aromatic carbocycles. The fraction of sp³-hybridized carbons (Fsp3) is 0.208. The van der Waals surface area contributed by atoms with Crippen LogP contribution in [0.2, 0.25) is 0 Å². The van der Waals surface area contributed by atoms with Crippen molar-refractivity contribution in [3.05, 3.63) is 82.7 Å². The number of aromatic amines is 1. The molecule has 5 heteroatoms. The first-order valence-corrected chi connectivity index (χ1v) is 9.80. The van der Waals surface area contributed by atoms with Gasteiger partial charge in [0.05, 0.1) is 0 Å². The topological polar surface area (TPSA) is 70.2 Å². The summed E-state index contributed by atoms with van der Waals surface area (Å²) in [4.78, 5) is 42.6. The van der Waals surface area contributed by atoms with Crippen molar-refractivity contribution < 1.29 is 14.4 Å². The first-order valence-electron chi connectivity index (χ1n) is 9.80. The van der Waals surface area contributed by atoms with Crippen molar-refractivity contribution in [2.45, 2.75) is 18.8 Å². The van der Waals surface area contributed by atoms with Crippen molar-refractivity contribution in [1.82, 2.24) is 9.88 Å². The van der Waals surface area contributed by atoms with Crippen molar-refractivity contribution in [2.75, 3.05) is 6.54 Å². The van der Waals surface area contributed by atoms with Crippen molar-refractivity contribution in [1.29, 1.82) is 0 Å². The van der Waals surface area contributed by atoms with E-state index >= 15 is 0 Å². The zero-order valence-electron chi connectivity index (χ0n) is 15.9. The van der Waals surface area contributed by atoms with Gasteiger partial charge in [0.25, 0.3) is 5.91 Å². The Morgan fingerprint density at radius 2 is 1.97 bits per heavy atom. The molecule has 0 radical (unpaired) electrons. The quantitative estimate of drug-likeness (QED) is 0.684. The Morgan fingerprint density at radius 1 is 1.14 bits per heavy atom. The molecule has 2 heterocycles. The van der Waals surface area contributed by atoms with Crippen LogP contribution in [0.25, 0.3) is 10.9 Å². The van der Waals surface area contributed by atoms with E-state index in [0.717, 1.165) is 34.1 Å². The van der Waals surface area contributed by atoms with E-state index in [1.54, 1.807) is 29.2 Å². The summed E-state index contributed by atoms with van der Waals surface area (Å²) in [6, 6.07) is 14.9. The van der Waals surface area contributed by atoms with Gasteiger partial charge in [0.15, 0.2) is 11.6 Å². The van der Waals surface area contributed by atoms with Gasteiger partial charge in [-0.15, -0.1) is 0 Å². The summed E-state index contributed by atoms with van der Waals surface area (Å²) in [5.74, 6) is 0.192. The number of H-pyrrole nitrogens is 1. The van der Waals surface area contributed by atoms with Crippen LogP contribution in [-0.2, 0) is 5.41 Å². The fourth-order valence-corrected chi connectivity index (χ4v) is 5.19. The van der Waals surface area contributed by atoms with Gasteiger partial charge >= 0.3 is 0 Å². The van der Waals surface area contributed by atoms with Crippen LogP contribution in [0.1, 0.15) is 50.1 Å². The average molecular weight is 382 g/mol. The van der Waals surface area contributed by atoms with Crippen LogP contribution in [0, 0.1) is 5.92 Å². The number of ketones is 2. The highest BCUT2D eigenvalue weighted by Gasteiger charge is 2.67. The van der Waals surface area contributed by atoms with E-state index in [1.807, 2.05) is 30.3 Å². The van der Waals surface area contributed by atoms with Crippen molar-refractivity contribution >= 4 is 28.4 Å². The van der Waals surface area contributed by atoms with Gasteiger partial charge < -0.3 is 9.88 Å². The maximum Gasteiger partial charge on any atom is 0.274 e. The first kappa shape index (κ1) is 16.5. The van der Waals surface area contributed by atoms with Gasteiger partial charge in [-0.25, -0.2) is 0 Å². The molecule has 1 aromatic heterocycles. The molecule has 1 amide bonds. The lowest BCUT2D eigenvalue weighted by Crippen LogP contribution is -2.33. The molecule has 1 saturated heterocycles. The molecule has 2 aliphatic carbocycles. The van der Waals surface area contributed by atoms with Crippen LogP contribution in [0.3, 0.4) is 0 Å². The fourth-order valence-electron chi connectivity index (χ4n) is 5.19. The molecule has 1 saturated carbocycles. The number of nitrogens with one attached hydrogen (secondary N) is 1. The second-order valence-corrected chi connectivity index (χ2v) is 8.27. The standard InChI is InChI=1S/C24H18N2O3/c1-13(27)14-6-7-19-15(8-14)9-20(25-19)23(29)26-12-16-11-24(16)18-5-3-2-4-17(18)21(28)10-22(24)26/h2-10,16,25H,11-12H2,1H3/t16-,24-/m1/s1. The van der Waals surface area contributed by atoms with Gasteiger partial charge in [0.1, 0.15) is 5.69 Å². The molecular weight excluding hydrogens is 364 g/mol. The summed E-state index contributed by atoms with van der Waals surface area (Å²) in [5.41, 5.74) is 4.38. The Hall–Kier alpha value is -3.47. The average Bonchev–Trinajstić information content (AvgIpc) is 3.12. The van der Waals surface area contributed by atoms with Gasteiger partial charge in [-0.1, -0.05) is 24.3 Å². The summed E-state index contributed by atoms with van der Waals surface area (Å²) in [6.45, 7) is 2.15. The van der Waals surface area contributed by atoms with Gasteiger partial charge in [0.2, 0.25) is 0 Å². The highest BCUT2D eigenvalue weighted by Crippen LogP contribution is 2.66. The Labute approximate surface area is 167 Å². The Balaban J connectivity index is 1.40. The van der Waals surface area contributed by atoms with Crippen molar-refractivity contribution in [3.8, 4) is 0 Å². The van der Waals surface area contributed by atoms with Crippen LogP contribution in [-0.4, -0.2) is 33.9 Å². The number of likely N-dealkylation sites (tertiary alicyclic amines) is 1. The first-order chi connectivity index (χ1) is 14.0. The molecule has 1 aliphatic heterocycles. The van der Waals surface area contributed by atoms with E-state index in [4.69, 9.17) is 0 Å². The van der Waals surface area contributed by atoms with Crippen LogP contribution < -0.4 is 0 Å². The molecule has 2 fully saturated rings. The molecular formula is C24H18N2O3. The zero-order chi connectivity index (χ0) is 19.9. The second-order valence-electron chi connectivity index (χ2n) is 8.27. The minimum absolute atomic E-state index is 0.00733. The van der Waals surface area contributed by atoms with Crippen molar-refractivity contribution in [3.63, 3.8) is 0 Å². The summed E-state index contributed by atoms with van der Waals surface area (Å²) < 4.78 is 0. The minimum Gasteiger partial charge on any atom is -0.351 e. The van der Waals surface area contributed by atoms with Gasteiger partial charge in [-0.05, 0) is 49.1 Å². The smallest absolute Gasteiger partial charge is 0.274 e. The third kappa shape index (κ3) is 2.07. The molecule has 5 nitrogen and oxygen atoms in total. The molecule has 3 aliphatic rings. The van der Waals surface area contributed by atoms with Gasteiger partial charge in [-0.3, -0.25) is 14.4 Å². The van der Waals surface area contributed by atoms with E-state index in [2.05, 4.69) is 4.98 Å². The predicted molar refractivity (Wildman–Crippen MR) is 108 cm³/mol. The number of nitrogens with zero attached hydrogens (tertiary/aromatic N) is 1. The predicted octanol–water partition coefficient (Wildman–Crippen LogP) is 3.86. The number of hydrogen-bond acceptors (Lipinski definition) is 3. The number of carbonyl (C=O) groups excluding carboxylic acids is 3. The summed E-state index contributed by atoms with van der Waals surface area (Å²) >= 11 is 0. The third-order valence-corrected chi connectivity index (χ3v) is 6.70. The van der Waals surface area contributed by atoms with Crippen LogP contribution in [0.15, 0.2) is 60.3 Å². The van der Waals surface area contributed by atoms with E-state index < -0.39 is 0 Å². The second kappa shape index (κ2) is 5.32. The van der Waals surface area contributed by atoms with E-state index in [0.29, 0.717) is 23.7 Å². The largest absolute Gasteiger partial charge is 0.351 e. The summed E-state index contributed by atoms with van der Waals surface area (Å²) in [5, 5.41) is 0.833. The third-order valence-electron chi connectivity index (χ3n) is 6.70. The summed E-state index contributed by atoms with van der Waals surface area (Å²) in [7, 11) is 0. The van der Waals surface area contributed by atoms with Crippen LogP contribution in [0.4, 0.5) is 0 Å². The molecule has 0 bridgehead atoms. The number of fused-ring (bicyclic) bond motifs is 2. The molecule has 0 unspecified atom stereocenters. The lowest BCUT2D eigenvalue weighted by Gasteiger charge is -2.29. The monoisotopic (exact) mass is 382 g/mol. The van der Waals surface area contributed by atoms with Crippen molar-refractivity contribution in [2.24, 2.45) is 5.92 Å². The van der Waals surface area contributed by atoms with E-state index in [1.165, 1.54) is 6.92 Å². The number of allylic oxidation sites excluding steroid dienone is 2. The molecule has 6 rings (SSSR count). The number of aromatic nitrogens is 1. The maximum absolute atomic E-state index is 13.3. The highest BCUT2D eigenvalue weighted by atomic mass is 16.2. The number of benzene rings is 2. The lowest BCUT2D eigenvalue weighted by atomic mass is 9.81. The van der Waals surface area contributed by atoms with Crippen LogP contribution in [0.5, 0.6) is 0 Å². The normalized spacial score (nSPS) is 24.0. The number of hydrogen-bond donors (Lipinski definition) is 1. The van der Waals surface area contributed by atoms with E-state index in [-0.39, 0.29) is 22.9 Å². The number of rotatable bonds is 2. The molecule has 1 N–H and O–H groups in total. The number of piperidine rings is 1. The molecule has 2 atom stereocenters. The Morgan fingerprint density at radius 3 is 2.79 bits per heavy atom. The van der Waals surface area contributed by atoms with Gasteiger partial charge in [0, 0.05) is 45.8 Å². The highest BCUT2D eigenvalue weighted by molar-refractivity contribution is 6.10. The van der Waals surface area contributed by atoms with Crippen LogP contribution >= 0.6 is 0 Å². The van der Waals surface area contributed by atoms with Gasteiger partial charge in [-0.2, -0.15) is 0 Å². The number of amides is 1. The molecule has 3 aromatic rings. The number of carbonyl (C=O) groups is 3. The lowest BCUT2D eigenvalue weighted by molar-refractivity contribution is 0.0806. The minimum atomic E-state index is -0.187. The maximum atomic E-state index is 13.3.